The maximum Gasteiger partial charge on any atom is 0.373 e. The summed E-state index contributed by atoms with van der Waals surface area (Å²) in [5.74, 6) is -1.40. The summed E-state index contributed by atoms with van der Waals surface area (Å²) in [5.41, 5.74) is -0.516. The average molecular weight is 249 g/mol. The van der Waals surface area contributed by atoms with E-state index in [0.29, 0.717) is 0 Å². The van der Waals surface area contributed by atoms with Crippen LogP contribution in [0.15, 0.2) is 4.47 Å². The molecule has 6 nitrogen and oxygen atoms in total. The number of nitrogens with zero attached hydrogens (tertiary/aromatic N) is 2. The van der Waals surface area contributed by atoms with Gasteiger partial charge < -0.3 is 10.2 Å². The number of pyridine rings is 1. The minimum absolute atomic E-state index is 0.108. The van der Waals surface area contributed by atoms with Gasteiger partial charge in [-0.05, 0) is 22.9 Å². The molecule has 0 bridgehead atoms. The first-order valence-corrected chi connectivity index (χ1v) is 3.97. The van der Waals surface area contributed by atoms with Crippen LogP contribution in [0.25, 0.3) is 0 Å². The first kappa shape index (κ1) is 9.72. The van der Waals surface area contributed by atoms with Gasteiger partial charge in [0.1, 0.15) is 0 Å². The van der Waals surface area contributed by atoms with Crippen LogP contribution in [0.3, 0.4) is 0 Å². The number of hydrogen-bond donors (Lipinski definition) is 2. The number of aryl methyl sites for hydroxylation is 1. The summed E-state index contributed by atoms with van der Waals surface area (Å²) in [6.45, 7) is 1.49. The van der Waals surface area contributed by atoms with Gasteiger partial charge in [0, 0.05) is 0 Å². The molecule has 0 saturated heterocycles. The minimum Gasteiger partial charge on any atom is -0.501 e. The van der Waals surface area contributed by atoms with E-state index in [9.17, 15) is 15.2 Å². The minimum atomic E-state index is -0.901. The van der Waals surface area contributed by atoms with Crippen LogP contribution in [0.5, 0.6) is 11.6 Å². The fourth-order valence-corrected chi connectivity index (χ4v) is 1.09. The second-order valence-corrected chi connectivity index (χ2v) is 3.08. The Labute approximate surface area is 81.1 Å². The zero-order chi connectivity index (χ0) is 10.2. The van der Waals surface area contributed by atoms with Crippen molar-refractivity contribution < 1.29 is 15.1 Å². The van der Waals surface area contributed by atoms with Gasteiger partial charge in [-0.3, -0.25) is 10.1 Å². The predicted molar refractivity (Wildman–Crippen MR) is 46.7 cm³/mol. The van der Waals surface area contributed by atoms with E-state index in [-0.39, 0.29) is 10.2 Å². The number of aromatic nitrogens is 1. The highest BCUT2D eigenvalue weighted by Gasteiger charge is 2.25. The van der Waals surface area contributed by atoms with Crippen LogP contribution in [0.1, 0.15) is 5.69 Å². The molecule has 0 aliphatic carbocycles. The lowest BCUT2D eigenvalue weighted by molar-refractivity contribution is -0.387. The Morgan fingerprint density at radius 1 is 1.54 bits per heavy atom. The Morgan fingerprint density at radius 2 is 2.08 bits per heavy atom. The maximum absolute atomic E-state index is 10.3. The first-order valence-electron chi connectivity index (χ1n) is 3.17. The van der Waals surface area contributed by atoms with Gasteiger partial charge in [0.2, 0.25) is 5.75 Å². The zero-order valence-electron chi connectivity index (χ0n) is 6.48. The van der Waals surface area contributed by atoms with Crippen LogP contribution in [0.4, 0.5) is 5.69 Å². The molecule has 0 radical (unpaired) electrons. The third-order valence-corrected chi connectivity index (χ3v) is 2.37. The highest BCUT2D eigenvalue weighted by atomic mass is 79.9. The van der Waals surface area contributed by atoms with Crippen LogP contribution in [0.2, 0.25) is 0 Å². The van der Waals surface area contributed by atoms with Gasteiger partial charge in [-0.15, -0.1) is 0 Å². The van der Waals surface area contributed by atoms with Crippen LogP contribution < -0.4 is 0 Å². The van der Waals surface area contributed by atoms with Gasteiger partial charge in [-0.25, -0.2) is 4.98 Å². The summed E-state index contributed by atoms with van der Waals surface area (Å²) in [7, 11) is 0. The second-order valence-electron chi connectivity index (χ2n) is 2.29. The fraction of sp³-hybridized carbons (Fsp3) is 0.167. The molecule has 1 heterocycles. The second kappa shape index (κ2) is 3.17. The monoisotopic (exact) mass is 248 g/mol. The number of aromatic hydroxyl groups is 2. The highest BCUT2D eigenvalue weighted by Crippen LogP contribution is 2.40. The smallest absolute Gasteiger partial charge is 0.373 e. The molecule has 0 saturated carbocycles. The largest absolute Gasteiger partial charge is 0.501 e. The third-order valence-electron chi connectivity index (χ3n) is 1.42. The Bertz CT molecular complexity index is 379. The Kier molecular flexibility index (Phi) is 2.37. The first-order chi connectivity index (χ1) is 5.95. The van der Waals surface area contributed by atoms with E-state index in [2.05, 4.69) is 20.9 Å². The van der Waals surface area contributed by atoms with Crippen molar-refractivity contribution in [3.05, 3.63) is 20.3 Å². The molecule has 2 N–H and O–H groups in total. The number of halogens is 1. The molecule has 0 aromatic carbocycles. The zero-order valence-corrected chi connectivity index (χ0v) is 8.07. The summed E-state index contributed by atoms with van der Waals surface area (Å²) in [6, 6.07) is 0. The van der Waals surface area contributed by atoms with Crippen molar-refractivity contribution >= 4 is 21.6 Å². The normalized spacial score (nSPS) is 10.0. The Hall–Kier alpha value is -1.37. The molecular weight excluding hydrogens is 244 g/mol. The van der Waals surface area contributed by atoms with E-state index < -0.39 is 22.2 Å². The lowest BCUT2D eigenvalue weighted by Gasteiger charge is -2.02. The summed E-state index contributed by atoms with van der Waals surface area (Å²) in [6.07, 6.45) is 0. The Morgan fingerprint density at radius 3 is 2.54 bits per heavy atom. The topological polar surface area (TPSA) is 96.5 Å². The van der Waals surface area contributed by atoms with E-state index in [1.54, 1.807) is 0 Å². The number of rotatable bonds is 1. The van der Waals surface area contributed by atoms with Crippen molar-refractivity contribution in [2.45, 2.75) is 6.92 Å². The van der Waals surface area contributed by atoms with E-state index >= 15 is 0 Å². The Balaban J connectivity index is 3.53. The van der Waals surface area contributed by atoms with Gasteiger partial charge in [-0.1, -0.05) is 0 Å². The van der Waals surface area contributed by atoms with Crippen molar-refractivity contribution in [3.8, 4) is 11.6 Å². The molecule has 0 atom stereocenters. The molecule has 13 heavy (non-hydrogen) atoms. The van der Waals surface area contributed by atoms with Crippen molar-refractivity contribution in [2.75, 3.05) is 0 Å². The summed E-state index contributed by atoms with van der Waals surface area (Å²) in [4.78, 5) is 12.9. The molecule has 7 heteroatoms. The molecule has 1 aromatic rings. The van der Waals surface area contributed by atoms with Crippen LogP contribution in [0, 0.1) is 17.0 Å². The molecule has 0 amide bonds. The van der Waals surface area contributed by atoms with E-state index in [4.69, 9.17) is 5.11 Å². The molecule has 0 aliphatic heterocycles. The van der Waals surface area contributed by atoms with Crippen molar-refractivity contribution in [1.82, 2.24) is 4.98 Å². The van der Waals surface area contributed by atoms with Gasteiger partial charge >= 0.3 is 5.69 Å². The van der Waals surface area contributed by atoms with Gasteiger partial charge in [0.25, 0.3) is 5.88 Å². The van der Waals surface area contributed by atoms with Gasteiger partial charge in [0.15, 0.2) is 0 Å². The standard InChI is InChI=1S/C6H5BrN2O4/c1-2-3(7)5(10)4(9(12)13)6(11)8-2/h1H3,(H2,8,10,11). The van der Waals surface area contributed by atoms with Crippen LogP contribution in [-0.2, 0) is 0 Å². The van der Waals surface area contributed by atoms with Gasteiger partial charge in [-0.2, -0.15) is 0 Å². The maximum atomic E-state index is 10.3. The molecule has 70 valence electrons. The quantitative estimate of drug-likeness (QED) is 0.580. The molecule has 0 spiro atoms. The van der Waals surface area contributed by atoms with Gasteiger partial charge in [0.05, 0.1) is 15.1 Å². The van der Waals surface area contributed by atoms with Crippen LogP contribution in [-0.4, -0.2) is 20.1 Å². The number of nitro groups is 1. The van der Waals surface area contributed by atoms with Crippen molar-refractivity contribution in [3.63, 3.8) is 0 Å². The fourth-order valence-electron chi connectivity index (χ4n) is 0.810. The summed E-state index contributed by atoms with van der Waals surface area (Å²) < 4.78 is 0.108. The number of hydrogen-bond acceptors (Lipinski definition) is 5. The molecule has 0 fully saturated rings. The summed E-state index contributed by atoms with van der Waals surface area (Å²) >= 11 is 2.90. The molecular formula is C6H5BrN2O4. The van der Waals surface area contributed by atoms with E-state index in [1.165, 1.54) is 6.92 Å². The lowest BCUT2D eigenvalue weighted by atomic mass is 10.3. The third kappa shape index (κ3) is 1.55. The van der Waals surface area contributed by atoms with E-state index in [1.807, 2.05) is 0 Å². The summed E-state index contributed by atoms with van der Waals surface area (Å²) in [5, 5.41) is 28.6. The van der Waals surface area contributed by atoms with Crippen LogP contribution >= 0.6 is 15.9 Å². The highest BCUT2D eigenvalue weighted by molar-refractivity contribution is 9.10. The molecule has 1 rings (SSSR count). The van der Waals surface area contributed by atoms with E-state index in [0.717, 1.165) is 0 Å². The SMILES string of the molecule is Cc1nc(O)c([N+](=O)[O-])c(O)c1Br. The molecule has 0 unspecified atom stereocenters. The lowest BCUT2D eigenvalue weighted by Crippen LogP contribution is -1.94. The van der Waals surface area contributed by atoms with Crippen molar-refractivity contribution in [1.29, 1.82) is 0 Å². The molecule has 1 aromatic heterocycles. The molecule has 0 aliphatic rings. The average Bonchev–Trinajstić information content (AvgIpc) is 1.99. The predicted octanol–water partition coefficient (Wildman–Crippen LogP) is 1.47. The van der Waals surface area contributed by atoms with Crippen molar-refractivity contribution in [2.24, 2.45) is 0 Å².